The minimum absolute atomic E-state index is 0.00325. The van der Waals surface area contributed by atoms with E-state index in [0.29, 0.717) is 18.8 Å². The summed E-state index contributed by atoms with van der Waals surface area (Å²) in [6, 6.07) is 11.6. The van der Waals surface area contributed by atoms with Crippen molar-refractivity contribution in [3.05, 3.63) is 30.3 Å². The second-order valence-corrected chi connectivity index (χ2v) is 5.07. The van der Waals surface area contributed by atoms with Crippen LogP contribution < -0.4 is 4.74 Å². The number of hydrogen-bond acceptors (Lipinski definition) is 4. The zero-order valence-electron chi connectivity index (χ0n) is 12.4. The highest BCUT2D eigenvalue weighted by Gasteiger charge is 2.25. The lowest BCUT2D eigenvalue weighted by atomic mass is 10.2. The lowest BCUT2D eigenvalue weighted by molar-refractivity contribution is -0.135. The van der Waals surface area contributed by atoms with Crippen LogP contribution in [0.15, 0.2) is 30.3 Å². The quantitative estimate of drug-likeness (QED) is 0.824. The number of rotatable bonds is 5. The van der Waals surface area contributed by atoms with Crippen molar-refractivity contribution in [1.82, 2.24) is 9.80 Å². The molecule has 1 amide bonds. The smallest absolute Gasteiger partial charge is 0.260 e. The number of amides is 1. The Labute approximate surface area is 125 Å². The minimum Gasteiger partial charge on any atom is -0.484 e. The van der Waals surface area contributed by atoms with E-state index in [0.717, 1.165) is 19.5 Å². The van der Waals surface area contributed by atoms with Gasteiger partial charge in [0, 0.05) is 26.2 Å². The van der Waals surface area contributed by atoms with E-state index in [4.69, 9.17) is 10.00 Å². The van der Waals surface area contributed by atoms with Gasteiger partial charge in [-0.25, -0.2) is 0 Å². The molecule has 5 heteroatoms. The van der Waals surface area contributed by atoms with E-state index in [9.17, 15) is 4.79 Å². The molecule has 2 rings (SSSR count). The molecule has 1 aromatic rings. The molecule has 0 aliphatic carbocycles. The molecule has 1 unspecified atom stereocenters. The van der Waals surface area contributed by atoms with Gasteiger partial charge in [-0.1, -0.05) is 25.1 Å². The van der Waals surface area contributed by atoms with Crippen molar-refractivity contribution in [2.45, 2.75) is 19.4 Å². The van der Waals surface area contributed by atoms with Crippen molar-refractivity contribution in [2.75, 3.05) is 32.8 Å². The molecule has 1 saturated heterocycles. The highest BCUT2D eigenvalue weighted by Crippen LogP contribution is 2.11. The Hall–Kier alpha value is -2.06. The number of para-hydroxylation sites is 1. The second kappa shape index (κ2) is 7.65. The predicted octanol–water partition coefficient (Wildman–Crippen LogP) is 1.51. The van der Waals surface area contributed by atoms with Gasteiger partial charge in [-0.3, -0.25) is 9.69 Å². The van der Waals surface area contributed by atoms with Gasteiger partial charge in [0.2, 0.25) is 0 Å². The van der Waals surface area contributed by atoms with E-state index < -0.39 is 0 Å². The second-order valence-electron chi connectivity index (χ2n) is 5.07. The first-order chi connectivity index (χ1) is 10.2. The zero-order valence-corrected chi connectivity index (χ0v) is 12.4. The normalized spacial score (nSPS) is 17.0. The summed E-state index contributed by atoms with van der Waals surface area (Å²) < 4.78 is 5.48. The van der Waals surface area contributed by atoms with Crippen LogP contribution >= 0.6 is 0 Å². The molecule has 21 heavy (non-hydrogen) atoms. The number of piperazine rings is 1. The maximum absolute atomic E-state index is 12.1. The first-order valence-corrected chi connectivity index (χ1v) is 7.34. The molecule has 112 valence electrons. The summed E-state index contributed by atoms with van der Waals surface area (Å²) in [5, 5.41) is 9.07. The van der Waals surface area contributed by atoms with E-state index >= 15 is 0 Å². The van der Waals surface area contributed by atoms with E-state index in [1.165, 1.54) is 0 Å². The Morgan fingerprint density at radius 1 is 1.29 bits per heavy atom. The van der Waals surface area contributed by atoms with Gasteiger partial charge >= 0.3 is 0 Å². The molecule has 0 aromatic heterocycles. The SMILES string of the molecule is CCC(C#N)N1CCN(C(=O)COc2ccccc2)CC1. The van der Waals surface area contributed by atoms with Gasteiger partial charge < -0.3 is 9.64 Å². The fourth-order valence-electron chi connectivity index (χ4n) is 2.47. The molecule has 1 aliphatic rings. The fraction of sp³-hybridized carbons (Fsp3) is 0.500. The van der Waals surface area contributed by atoms with Crippen LogP contribution in [0, 0.1) is 11.3 Å². The van der Waals surface area contributed by atoms with Gasteiger partial charge in [-0.2, -0.15) is 5.26 Å². The van der Waals surface area contributed by atoms with Gasteiger partial charge in [-0.15, -0.1) is 0 Å². The number of nitrogens with zero attached hydrogens (tertiary/aromatic N) is 3. The Balaban J connectivity index is 1.77. The Morgan fingerprint density at radius 2 is 1.95 bits per heavy atom. The van der Waals surface area contributed by atoms with Crippen molar-refractivity contribution in [3.63, 3.8) is 0 Å². The van der Waals surface area contributed by atoms with Crippen LogP contribution in [0.1, 0.15) is 13.3 Å². The Bertz CT molecular complexity index is 490. The van der Waals surface area contributed by atoms with Crippen LogP contribution in [0.5, 0.6) is 5.75 Å². The summed E-state index contributed by atoms with van der Waals surface area (Å²) in [6.45, 7) is 4.91. The monoisotopic (exact) mass is 287 g/mol. The molecule has 1 heterocycles. The van der Waals surface area contributed by atoms with Gasteiger partial charge in [0.25, 0.3) is 5.91 Å². The van der Waals surface area contributed by atoms with Crippen LogP contribution in [0.25, 0.3) is 0 Å². The van der Waals surface area contributed by atoms with Crippen LogP contribution in [0.4, 0.5) is 0 Å². The van der Waals surface area contributed by atoms with Crippen molar-refractivity contribution in [3.8, 4) is 11.8 Å². The third-order valence-corrected chi connectivity index (χ3v) is 3.75. The minimum atomic E-state index is -0.0391. The van der Waals surface area contributed by atoms with E-state index in [2.05, 4.69) is 11.0 Å². The molecule has 0 N–H and O–H groups in total. The average Bonchev–Trinajstić information content (AvgIpc) is 2.55. The maximum Gasteiger partial charge on any atom is 0.260 e. The Kier molecular flexibility index (Phi) is 5.59. The first-order valence-electron chi connectivity index (χ1n) is 7.34. The molecule has 0 bridgehead atoms. The molecule has 0 radical (unpaired) electrons. The largest absolute Gasteiger partial charge is 0.484 e. The number of nitriles is 1. The average molecular weight is 287 g/mol. The third kappa shape index (κ3) is 4.20. The lowest BCUT2D eigenvalue weighted by Gasteiger charge is -2.36. The molecule has 1 fully saturated rings. The summed E-state index contributed by atoms with van der Waals surface area (Å²) >= 11 is 0. The van der Waals surface area contributed by atoms with Gasteiger partial charge in [-0.05, 0) is 18.6 Å². The van der Waals surface area contributed by atoms with Gasteiger partial charge in [0.1, 0.15) is 5.75 Å². The number of ether oxygens (including phenoxy) is 1. The van der Waals surface area contributed by atoms with Crippen LogP contribution in [-0.4, -0.2) is 54.5 Å². The predicted molar refractivity (Wildman–Crippen MR) is 79.8 cm³/mol. The maximum atomic E-state index is 12.1. The number of benzene rings is 1. The van der Waals surface area contributed by atoms with Crippen molar-refractivity contribution in [1.29, 1.82) is 5.26 Å². The summed E-state index contributed by atoms with van der Waals surface area (Å²) in [5.41, 5.74) is 0. The molecule has 1 aromatic carbocycles. The third-order valence-electron chi connectivity index (χ3n) is 3.75. The molecular formula is C16H21N3O2. The molecule has 0 saturated carbocycles. The molecule has 0 spiro atoms. The first kappa shape index (κ1) is 15.3. The van der Waals surface area contributed by atoms with Gasteiger partial charge in [0.05, 0.1) is 12.1 Å². The van der Waals surface area contributed by atoms with Crippen LogP contribution in [0.2, 0.25) is 0 Å². The number of hydrogen-bond donors (Lipinski definition) is 0. The summed E-state index contributed by atoms with van der Waals surface area (Å²) in [6.07, 6.45) is 0.821. The van der Waals surface area contributed by atoms with Crippen LogP contribution in [-0.2, 0) is 4.79 Å². The fourth-order valence-corrected chi connectivity index (χ4v) is 2.47. The molecular weight excluding hydrogens is 266 g/mol. The van der Waals surface area contributed by atoms with E-state index in [1.54, 1.807) is 0 Å². The van der Waals surface area contributed by atoms with Gasteiger partial charge in [0.15, 0.2) is 6.61 Å². The lowest BCUT2D eigenvalue weighted by Crippen LogP contribution is -2.52. The highest BCUT2D eigenvalue weighted by molar-refractivity contribution is 5.77. The van der Waals surface area contributed by atoms with Crippen molar-refractivity contribution >= 4 is 5.91 Å². The summed E-state index contributed by atoms with van der Waals surface area (Å²) in [5.74, 6) is 0.712. The topological polar surface area (TPSA) is 56.6 Å². The highest BCUT2D eigenvalue weighted by atomic mass is 16.5. The molecule has 1 atom stereocenters. The van der Waals surface area contributed by atoms with Crippen molar-refractivity contribution in [2.24, 2.45) is 0 Å². The molecule has 1 aliphatic heterocycles. The van der Waals surface area contributed by atoms with Crippen molar-refractivity contribution < 1.29 is 9.53 Å². The number of carbonyl (C=O) groups excluding carboxylic acids is 1. The van der Waals surface area contributed by atoms with E-state index in [1.807, 2.05) is 42.2 Å². The summed E-state index contributed by atoms with van der Waals surface area (Å²) in [7, 11) is 0. The molecule has 5 nitrogen and oxygen atoms in total. The van der Waals surface area contributed by atoms with Crippen LogP contribution in [0.3, 0.4) is 0 Å². The zero-order chi connectivity index (χ0) is 15.1. The van der Waals surface area contributed by atoms with E-state index in [-0.39, 0.29) is 18.6 Å². The standard InChI is InChI=1S/C16H21N3O2/c1-2-14(12-17)18-8-10-19(11-9-18)16(20)13-21-15-6-4-3-5-7-15/h3-7,14H,2,8-11,13H2,1H3. The Morgan fingerprint density at radius 3 is 2.52 bits per heavy atom. The number of carbonyl (C=O) groups is 1. The summed E-state index contributed by atoms with van der Waals surface area (Å²) in [4.78, 5) is 16.1.